The van der Waals surface area contributed by atoms with Crippen molar-refractivity contribution >= 4 is 38.5 Å². The predicted octanol–water partition coefficient (Wildman–Crippen LogP) is 5.53. The van der Waals surface area contributed by atoms with Gasteiger partial charge in [-0.25, -0.2) is 0 Å². The molecular weight excluding hydrogens is 401 g/mol. The van der Waals surface area contributed by atoms with E-state index in [0.29, 0.717) is 6.04 Å². The van der Waals surface area contributed by atoms with Gasteiger partial charge in [-0.15, -0.1) is 0 Å². The normalized spacial score (nSPS) is 13.0. The summed E-state index contributed by atoms with van der Waals surface area (Å²) in [6, 6.07) is 7.07. The van der Waals surface area contributed by atoms with Gasteiger partial charge in [0.05, 0.1) is 0 Å². The third kappa shape index (κ3) is 5.57. The Balaban J connectivity index is 2.82. The first kappa shape index (κ1) is 16.4. The fraction of sp³-hybridized carbons (Fsp3) is 0.600. The summed E-state index contributed by atoms with van der Waals surface area (Å²) >= 11 is 6.07. The topological polar surface area (TPSA) is 12.0 Å². The maximum Gasteiger partial charge on any atom is 0.0331 e. The number of hydrogen-bond donors (Lipinski definition) is 1. The van der Waals surface area contributed by atoms with E-state index in [1.807, 2.05) is 0 Å². The van der Waals surface area contributed by atoms with Crippen molar-refractivity contribution in [2.45, 2.75) is 46.1 Å². The van der Waals surface area contributed by atoms with Gasteiger partial charge in [0, 0.05) is 14.1 Å². The van der Waals surface area contributed by atoms with Crippen molar-refractivity contribution in [2.75, 3.05) is 6.54 Å². The van der Waals surface area contributed by atoms with Crippen LogP contribution in [0.15, 0.2) is 22.7 Å². The molecule has 0 aliphatic carbocycles. The highest BCUT2D eigenvalue weighted by molar-refractivity contribution is 14.1. The quantitative estimate of drug-likeness (QED) is 0.568. The Hall–Kier alpha value is 0.390. The lowest BCUT2D eigenvalue weighted by Gasteiger charge is -2.21. The second kappa shape index (κ2) is 8.54. The molecule has 1 rings (SSSR count). The Labute approximate surface area is 133 Å². The maximum atomic E-state index is 3.69. The van der Waals surface area contributed by atoms with Crippen molar-refractivity contribution in [3.8, 4) is 0 Å². The molecule has 0 radical (unpaired) electrons. The summed E-state index contributed by atoms with van der Waals surface area (Å²) in [5.74, 6) is 0.762. The van der Waals surface area contributed by atoms with Gasteiger partial charge in [-0.2, -0.15) is 0 Å². The molecule has 1 unspecified atom stereocenters. The van der Waals surface area contributed by atoms with Crippen LogP contribution >= 0.6 is 38.5 Å². The first-order chi connectivity index (χ1) is 8.54. The Morgan fingerprint density at radius 1 is 1.28 bits per heavy atom. The third-order valence-corrected chi connectivity index (χ3v) is 4.40. The molecule has 0 saturated heterocycles. The number of benzene rings is 1. The molecular formula is C15H23BrIN. The standard InChI is InChI=1S/C15H23BrIN/c1-4-9-18-15(8-5-11(2)3)13-10-12(17)6-7-14(13)16/h6-7,10-11,15,18H,4-5,8-9H2,1-3H3. The zero-order valence-corrected chi connectivity index (χ0v) is 15.2. The van der Waals surface area contributed by atoms with Crippen LogP contribution in [0.3, 0.4) is 0 Å². The molecule has 0 bridgehead atoms. The molecule has 0 saturated carbocycles. The van der Waals surface area contributed by atoms with Gasteiger partial charge in [-0.05, 0) is 78.1 Å². The van der Waals surface area contributed by atoms with Gasteiger partial charge in [0.1, 0.15) is 0 Å². The lowest BCUT2D eigenvalue weighted by Crippen LogP contribution is -2.23. The Kier molecular flexibility index (Phi) is 7.80. The zero-order valence-electron chi connectivity index (χ0n) is 11.5. The summed E-state index contributed by atoms with van der Waals surface area (Å²) in [6.45, 7) is 7.89. The van der Waals surface area contributed by atoms with Crippen LogP contribution in [0.4, 0.5) is 0 Å². The van der Waals surface area contributed by atoms with E-state index < -0.39 is 0 Å². The van der Waals surface area contributed by atoms with Crippen LogP contribution in [-0.2, 0) is 0 Å². The van der Waals surface area contributed by atoms with Gasteiger partial charge in [0.25, 0.3) is 0 Å². The van der Waals surface area contributed by atoms with E-state index in [0.717, 1.165) is 12.5 Å². The molecule has 0 aliphatic rings. The molecule has 0 amide bonds. The molecule has 0 fully saturated rings. The molecule has 0 heterocycles. The summed E-state index contributed by atoms with van der Waals surface area (Å²) in [5, 5.41) is 3.68. The molecule has 1 nitrogen and oxygen atoms in total. The Morgan fingerprint density at radius 2 is 2.00 bits per heavy atom. The van der Waals surface area contributed by atoms with Gasteiger partial charge in [0.2, 0.25) is 0 Å². The molecule has 1 N–H and O–H groups in total. The van der Waals surface area contributed by atoms with E-state index >= 15 is 0 Å². The largest absolute Gasteiger partial charge is 0.310 e. The zero-order chi connectivity index (χ0) is 13.5. The highest BCUT2D eigenvalue weighted by Gasteiger charge is 2.14. The van der Waals surface area contributed by atoms with Gasteiger partial charge in [-0.3, -0.25) is 0 Å². The molecule has 1 aromatic carbocycles. The fourth-order valence-corrected chi connectivity index (χ4v) is 3.01. The average molecular weight is 424 g/mol. The molecule has 3 heteroatoms. The molecule has 0 aliphatic heterocycles. The van der Waals surface area contributed by atoms with Crippen LogP contribution in [0.25, 0.3) is 0 Å². The summed E-state index contributed by atoms with van der Waals surface area (Å²) in [7, 11) is 0. The van der Waals surface area contributed by atoms with Crippen LogP contribution < -0.4 is 5.32 Å². The Morgan fingerprint density at radius 3 is 2.61 bits per heavy atom. The van der Waals surface area contributed by atoms with Crippen molar-refractivity contribution in [2.24, 2.45) is 5.92 Å². The Bertz CT molecular complexity index is 366. The summed E-state index contributed by atoms with van der Waals surface area (Å²) < 4.78 is 2.53. The van der Waals surface area contributed by atoms with E-state index in [1.165, 1.54) is 32.9 Å². The summed E-state index contributed by atoms with van der Waals surface area (Å²) in [5.41, 5.74) is 1.40. The molecule has 102 valence electrons. The van der Waals surface area contributed by atoms with Crippen LogP contribution in [0.1, 0.15) is 51.6 Å². The minimum atomic E-state index is 0.469. The van der Waals surface area contributed by atoms with Gasteiger partial charge >= 0.3 is 0 Å². The van der Waals surface area contributed by atoms with Crippen molar-refractivity contribution in [3.63, 3.8) is 0 Å². The second-order valence-electron chi connectivity index (χ2n) is 5.14. The smallest absolute Gasteiger partial charge is 0.0331 e. The highest BCUT2D eigenvalue weighted by Crippen LogP contribution is 2.29. The fourth-order valence-electron chi connectivity index (χ4n) is 1.97. The predicted molar refractivity (Wildman–Crippen MR) is 92.0 cm³/mol. The highest BCUT2D eigenvalue weighted by atomic mass is 127. The summed E-state index contributed by atoms with van der Waals surface area (Å²) in [4.78, 5) is 0. The van der Waals surface area contributed by atoms with Crippen molar-refractivity contribution < 1.29 is 0 Å². The number of nitrogens with one attached hydrogen (secondary N) is 1. The summed E-state index contributed by atoms with van der Waals surface area (Å²) in [6.07, 6.45) is 3.65. The molecule has 1 atom stereocenters. The molecule has 0 spiro atoms. The number of halogens is 2. The second-order valence-corrected chi connectivity index (χ2v) is 7.24. The van der Waals surface area contributed by atoms with Crippen molar-refractivity contribution in [1.29, 1.82) is 0 Å². The van der Waals surface area contributed by atoms with Gasteiger partial charge in [-0.1, -0.05) is 36.7 Å². The molecule has 1 aromatic rings. The average Bonchev–Trinajstić information content (AvgIpc) is 2.32. The molecule has 18 heavy (non-hydrogen) atoms. The lowest BCUT2D eigenvalue weighted by molar-refractivity contribution is 0.439. The van der Waals surface area contributed by atoms with Crippen LogP contribution in [0, 0.1) is 9.49 Å². The van der Waals surface area contributed by atoms with Crippen molar-refractivity contribution in [3.05, 3.63) is 31.8 Å². The third-order valence-electron chi connectivity index (χ3n) is 3.01. The first-order valence-electron chi connectivity index (χ1n) is 6.73. The van der Waals surface area contributed by atoms with E-state index in [4.69, 9.17) is 0 Å². The van der Waals surface area contributed by atoms with E-state index in [2.05, 4.69) is 82.8 Å². The SMILES string of the molecule is CCCNC(CCC(C)C)c1cc(I)ccc1Br. The number of hydrogen-bond acceptors (Lipinski definition) is 1. The van der Waals surface area contributed by atoms with Crippen molar-refractivity contribution in [1.82, 2.24) is 5.32 Å². The van der Waals surface area contributed by atoms with Crippen LogP contribution in [0.2, 0.25) is 0 Å². The van der Waals surface area contributed by atoms with Crippen LogP contribution in [-0.4, -0.2) is 6.54 Å². The minimum Gasteiger partial charge on any atom is -0.310 e. The van der Waals surface area contributed by atoms with E-state index in [-0.39, 0.29) is 0 Å². The first-order valence-corrected chi connectivity index (χ1v) is 8.60. The maximum absolute atomic E-state index is 3.69. The van der Waals surface area contributed by atoms with Gasteiger partial charge < -0.3 is 5.32 Å². The lowest BCUT2D eigenvalue weighted by atomic mass is 9.97. The minimum absolute atomic E-state index is 0.469. The van der Waals surface area contributed by atoms with Gasteiger partial charge in [0.15, 0.2) is 0 Å². The van der Waals surface area contributed by atoms with E-state index in [1.54, 1.807) is 0 Å². The van der Waals surface area contributed by atoms with E-state index in [9.17, 15) is 0 Å². The monoisotopic (exact) mass is 423 g/mol. The number of rotatable bonds is 7. The molecule has 0 aromatic heterocycles. The van der Waals surface area contributed by atoms with Crippen LogP contribution in [0.5, 0.6) is 0 Å².